The molecule has 1 unspecified atom stereocenters. The quantitative estimate of drug-likeness (QED) is 0.350. The van der Waals surface area contributed by atoms with E-state index in [2.05, 4.69) is 31.9 Å². The number of rotatable bonds is 8. The smallest absolute Gasteiger partial charge is 0.274 e. The van der Waals surface area contributed by atoms with Crippen LogP contribution >= 0.6 is 11.8 Å². The molecular weight excluding hydrogens is 444 g/mol. The lowest BCUT2D eigenvalue weighted by molar-refractivity contribution is -0.385. The summed E-state index contributed by atoms with van der Waals surface area (Å²) in [6.07, 6.45) is 4.44. The normalized spacial score (nSPS) is 19.1. The number of anilines is 2. The van der Waals surface area contributed by atoms with Crippen LogP contribution in [0.4, 0.5) is 17.3 Å². The van der Waals surface area contributed by atoms with Crippen molar-refractivity contribution in [3.05, 3.63) is 33.9 Å². The van der Waals surface area contributed by atoms with Crippen molar-refractivity contribution in [1.29, 1.82) is 0 Å². The van der Waals surface area contributed by atoms with Crippen molar-refractivity contribution in [3.63, 3.8) is 0 Å². The van der Waals surface area contributed by atoms with Crippen molar-refractivity contribution in [3.8, 4) is 0 Å². The first kappa shape index (κ1) is 23.5. The average Bonchev–Trinajstić information content (AvgIpc) is 3.45. The summed E-state index contributed by atoms with van der Waals surface area (Å²) in [5.41, 5.74) is 0.861. The Labute approximate surface area is 197 Å². The van der Waals surface area contributed by atoms with Crippen molar-refractivity contribution < 1.29 is 14.5 Å². The molecule has 2 aliphatic heterocycles. The zero-order valence-electron chi connectivity index (χ0n) is 19.0. The lowest BCUT2D eigenvalue weighted by atomic mass is 10.00. The summed E-state index contributed by atoms with van der Waals surface area (Å²) in [5, 5.41) is 23.5. The van der Waals surface area contributed by atoms with E-state index >= 15 is 0 Å². The predicted octanol–water partition coefficient (Wildman–Crippen LogP) is 3.64. The summed E-state index contributed by atoms with van der Waals surface area (Å²) in [5.74, 6) is 1.44. The highest BCUT2D eigenvalue weighted by atomic mass is 32.2. The highest BCUT2D eigenvalue weighted by Gasteiger charge is 2.26. The van der Waals surface area contributed by atoms with Gasteiger partial charge in [0.2, 0.25) is 11.9 Å². The van der Waals surface area contributed by atoms with E-state index in [0.29, 0.717) is 28.9 Å². The summed E-state index contributed by atoms with van der Waals surface area (Å²) in [6.45, 7) is 7.24. The van der Waals surface area contributed by atoms with Gasteiger partial charge in [0.25, 0.3) is 5.69 Å². The van der Waals surface area contributed by atoms with Gasteiger partial charge in [-0.05, 0) is 44.6 Å². The van der Waals surface area contributed by atoms with Gasteiger partial charge in [-0.3, -0.25) is 19.5 Å². The van der Waals surface area contributed by atoms with Gasteiger partial charge in [-0.2, -0.15) is 0 Å². The zero-order valence-corrected chi connectivity index (χ0v) is 19.8. The summed E-state index contributed by atoms with van der Waals surface area (Å²) in [4.78, 5) is 25.6. The van der Waals surface area contributed by atoms with Crippen LogP contribution in [-0.2, 0) is 16.1 Å². The first-order chi connectivity index (χ1) is 15.9. The third kappa shape index (κ3) is 5.64. The Hall–Kier alpha value is -2.66. The number of carbonyl (C=O) groups is 1. The number of ether oxygens (including phenoxy) is 1. The van der Waals surface area contributed by atoms with E-state index in [1.54, 1.807) is 19.1 Å². The molecule has 4 rings (SSSR count). The van der Waals surface area contributed by atoms with E-state index in [9.17, 15) is 14.9 Å². The number of nitro groups is 1. The van der Waals surface area contributed by atoms with Crippen LogP contribution in [0.15, 0.2) is 23.4 Å². The number of nitro benzene ring substituents is 1. The van der Waals surface area contributed by atoms with E-state index in [1.165, 1.54) is 17.8 Å². The second-order valence-electron chi connectivity index (χ2n) is 8.74. The maximum absolute atomic E-state index is 12.6. The minimum atomic E-state index is -0.448. The van der Waals surface area contributed by atoms with Gasteiger partial charge in [0.05, 0.1) is 34.6 Å². The maximum atomic E-state index is 12.6. The summed E-state index contributed by atoms with van der Waals surface area (Å²) in [7, 11) is 0. The number of nitrogens with one attached hydrogen (secondary N) is 1. The van der Waals surface area contributed by atoms with Crippen LogP contribution in [0, 0.1) is 23.0 Å². The molecule has 1 atom stereocenters. The molecule has 2 aliphatic rings. The number of hydrogen-bond donors (Lipinski definition) is 1. The Morgan fingerprint density at radius 2 is 2.09 bits per heavy atom. The largest absolute Gasteiger partial charge is 0.376 e. The fourth-order valence-electron chi connectivity index (χ4n) is 4.26. The third-order valence-corrected chi connectivity index (χ3v) is 7.25. The number of nitrogens with zero attached hydrogens (tertiary/aromatic N) is 5. The molecule has 1 amide bonds. The Morgan fingerprint density at radius 3 is 2.79 bits per heavy atom. The van der Waals surface area contributed by atoms with Gasteiger partial charge in [0.15, 0.2) is 5.16 Å². The van der Waals surface area contributed by atoms with Crippen LogP contribution in [0.5, 0.6) is 0 Å². The van der Waals surface area contributed by atoms with Gasteiger partial charge < -0.3 is 15.0 Å². The molecule has 10 nitrogen and oxygen atoms in total. The Morgan fingerprint density at radius 1 is 1.30 bits per heavy atom. The SMILES string of the molecule is Cc1c(NC(=O)CSc2nnc(N3CCC(C)CC3)n2CC2CCCO2)cccc1[N+](=O)[O-]. The molecule has 178 valence electrons. The number of piperidine rings is 1. The van der Waals surface area contributed by atoms with E-state index in [4.69, 9.17) is 4.74 Å². The number of amides is 1. The number of benzene rings is 1. The molecular formula is C22H30N6O4S. The van der Waals surface area contributed by atoms with E-state index in [0.717, 1.165) is 51.3 Å². The molecule has 0 spiro atoms. The Bertz CT molecular complexity index is 999. The van der Waals surface area contributed by atoms with Crippen LogP contribution in [0.1, 0.15) is 38.2 Å². The summed E-state index contributed by atoms with van der Waals surface area (Å²) in [6, 6.07) is 4.66. The van der Waals surface area contributed by atoms with Gasteiger partial charge in [0.1, 0.15) is 0 Å². The molecule has 11 heteroatoms. The van der Waals surface area contributed by atoms with Crippen molar-refractivity contribution in [2.75, 3.05) is 35.7 Å². The van der Waals surface area contributed by atoms with E-state index in [1.807, 2.05) is 0 Å². The van der Waals surface area contributed by atoms with Gasteiger partial charge in [-0.15, -0.1) is 10.2 Å². The van der Waals surface area contributed by atoms with Gasteiger partial charge >= 0.3 is 0 Å². The zero-order chi connectivity index (χ0) is 23.4. The molecule has 1 aromatic carbocycles. The first-order valence-corrected chi connectivity index (χ1v) is 12.4. The average molecular weight is 475 g/mol. The molecule has 3 heterocycles. The lowest BCUT2D eigenvalue weighted by Gasteiger charge is -2.31. The molecule has 0 saturated carbocycles. The van der Waals surface area contributed by atoms with Crippen LogP contribution in [0.25, 0.3) is 0 Å². The molecule has 2 saturated heterocycles. The molecule has 1 N–H and O–H groups in total. The van der Waals surface area contributed by atoms with E-state index in [-0.39, 0.29) is 23.5 Å². The topological polar surface area (TPSA) is 115 Å². The predicted molar refractivity (Wildman–Crippen MR) is 127 cm³/mol. The van der Waals surface area contributed by atoms with Crippen LogP contribution in [0.3, 0.4) is 0 Å². The number of hydrogen-bond acceptors (Lipinski definition) is 8. The Balaban J connectivity index is 1.45. The fraction of sp³-hybridized carbons (Fsp3) is 0.591. The highest BCUT2D eigenvalue weighted by molar-refractivity contribution is 7.99. The molecule has 2 fully saturated rings. The minimum absolute atomic E-state index is 0.0164. The van der Waals surface area contributed by atoms with Crippen molar-refractivity contribution in [2.45, 2.75) is 57.3 Å². The van der Waals surface area contributed by atoms with Gasteiger partial charge in [0, 0.05) is 25.8 Å². The monoisotopic (exact) mass is 474 g/mol. The maximum Gasteiger partial charge on any atom is 0.274 e. The summed E-state index contributed by atoms with van der Waals surface area (Å²) < 4.78 is 7.94. The molecule has 33 heavy (non-hydrogen) atoms. The first-order valence-electron chi connectivity index (χ1n) is 11.4. The van der Waals surface area contributed by atoms with E-state index < -0.39 is 4.92 Å². The third-order valence-electron chi connectivity index (χ3n) is 6.28. The summed E-state index contributed by atoms with van der Waals surface area (Å²) >= 11 is 1.32. The number of aromatic nitrogens is 3. The molecule has 0 bridgehead atoms. The van der Waals surface area contributed by atoms with Crippen molar-refractivity contribution in [1.82, 2.24) is 14.8 Å². The molecule has 1 aromatic heterocycles. The number of thioether (sulfide) groups is 1. The minimum Gasteiger partial charge on any atom is -0.376 e. The lowest BCUT2D eigenvalue weighted by Crippen LogP contribution is -2.35. The van der Waals surface area contributed by atoms with Crippen molar-refractivity contribution >= 4 is 35.0 Å². The van der Waals surface area contributed by atoms with Crippen LogP contribution in [0.2, 0.25) is 0 Å². The van der Waals surface area contributed by atoms with Gasteiger partial charge in [-0.1, -0.05) is 24.8 Å². The molecule has 0 radical (unpaired) electrons. The van der Waals surface area contributed by atoms with Crippen LogP contribution in [-0.4, -0.2) is 57.1 Å². The Kier molecular flexibility index (Phi) is 7.49. The fourth-order valence-corrected chi connectivity index (χ4v) is 5.00. The second-order valence-corrected chi connectivity index (χ2v) is 9.68. The standard InChI is InChI=1S/C22H30N6O4S/c1-15-8-10-26(11-9-15)21-24-25-22(27(21)13-17-5-4-12-32-17)33-14-20(29)23-18-6-3-7-19(16(18)2)28(30)31/h3,6-7,15,17H,4-5,8-14H2,1-2H3,(H,23,29). The molecule has 0 aliphatic carbocycles. The number of carbonyl (C=O) groups excluding carboxylic acids is 1. The van der Waals surface area contributed by atoms with Crippen LogP contribution < -0.4 is 10.2 Å². The van der Waals surface area contributed by atoms with Crippen molar-refractivity contribution in [2.24, 2.45) is 5.92 Å². The molecule has 2 aromatic rings. The van der Waals surface area contributed by atoms with Gasteiger partial charge in [-0.25, -0.2) is 0 Å². The second kappa shape index (κ2) is 10.5. The highest BCUT2D eigenvalue weighted by Crippen LogP contribution is 2.29.